The van der Waals surface area contributed by atoms with Gasteiger partial charge in [-0.25, -0.2) is 0 Å². The first-order chi connectivity index (χ1) is 8.67. The topological polar surface area (TPSA) is 68.2 Å². The molecule has 0 saturated carbocycles. The van der Waals surface area contributed by atoms with Gasteiger partial charge in [0.25, 0.3) is 0 Å². The van der Waals surface area contributed by atoms with E-state index in [4.69, 9.17) is 5.26 Å². The summed E-state index contributed by atoms with van der Waals surface area (Å²) < 4.78 is 0. The number of likely N-dealkylation sites (N-methyl/N-ethyl adjacent to an activating group) is 1. The van der Waals surface area contributed by atoms with Crippen molar-refractivity contribution < 1.29 is 4.79 Å². The highest BCUT2D eigenvalue weighted by Gasteiger charge is 2.10. The lowest BCUT2D eigenvalue weighted by Crippen LogP contribution is -2.31. The lowest BCUT2D eigenvalue weighted by molar-refractivity contribution is -0.117. The van der Waals surface area contributed by atoms with Gasteiger partial charge in [-0.3, -0.25) is 9.69 Å². The zero-order chi connectivity index (χ0) is 13.4. The zero-order valence-electron chi connectivity index (χ0n) is 10.7. The number of nitrogens with one attached hydrogen (secondary N) is 2. The maximum Gasteiger partial charge on any atom is 0.239 e. The molecule has 0 saturated heterocycles. The molecular weight excluding hydrogens is 248 g/mol. The summed E-state index contributed by atoms with van der Waals surface area (Å²) in [5.74, 6) is -0.0825. The minimum Gasteiger partial charge on any atom is -0.320 e. The fourth-order valence-electron chi connectivity index (χ4n) is 1.51. The average Bonchev–Trinajstić information content (AvgIpc) is 2.76. The van der Waals surface area contributed by atoms with E-state index in [0.717, 1.165) is 19.5 Å². The first kappa shape index (κ1) is 14.6. The number of rotatable bonds is 7. The molecule has 0 radical (unpaired) electrons. The van der Waals surface area contributed by atoms with E-state index < -0.39 is 0 Å². The summed E-state index contributed by atoms with van der Waals surface area (Å²) in [5, 5.41) is 17.1. The molecule has 1 rings (SSSR count). The lowest BCUT2D eigenvalue weighted by atomic mass is 10.3. The van der Waals surface area contributed by atoms with Crippen LogP contribution >= 0.6 is 11.3 Å². The second-order valence-electron chi connectivity index (χ2n) is 4.02. The molecule has 0 spiro atoms. The molecule has 1 heterocycles. The molecule has 0 aromatic carbocycles. The van der Waals surface area contributed by atoms with Crippen LogP contribution in [0.15, 0.2) is 11.4 Å². The monoisotopic (exact) mass is 266 g/mol. The van der Waals surface area contributed by atoms with Crippen LogP contribution in [0.3, 0.4) is 0 Å². The number of nitrogens with zero attached hydrogens (tertiary/aromatic N) is 2. The van der Waals surface area contributed by atoms with E-state index in [2.05, 4.69) is 10.6 Å². The van der Waals surface area contributed by atoms with E-state index in [0.29, 0.717) is 17.1 Å². The van der Waals surface area contributed by atoms with Crippen LogP contribution in [0.4, 0.5) is 5.00 Å². The van der Waals surface area contributed by atoms with Crippen LogP contribution in [0.5, 0.6) is 0 Å². The van der Waals surface area contributed by atoms with E-state index >= 15 is 0 Å². The highest BCUT2D eigenvalue weighted by Crippen LogP contribution is 2.21. The average molecular weight is 266 g/mol. The summed E-state index contributed by atoms with van der Waals surface area (Å²) in [6.07, 6.45) is 1.00. The van der Waals surface area contributed by atoms with E-state index in [-0.39, 0.29) is 5.91 Å². The second-order valence-corrected chi connectivity index (χ2v) is 4.93. The highest BCUT2D eigenvalue weighted by atomic mass is 32.1. The van der Waals surface area contributed by atoms with Crippen molar-refractivity contribution in [3.8, 4) is 6.07 Å². The van der Waals surface area contributed by atoms with E-state index in [1.54, 1.807) is 11.4 Å². The first-order valence-corrected chi connectivity index (χ1v) is 6.66. The third-order valence-corrected chi connectivity index (χ3v) is 3.25. The molecule has 0 atom stereocenters. The predicted molar refractivity (Wildman–Crippen MR) is 73.7 cm³/mol. The van der Waals surface area contributed by atoms with Gasteiger partial charge in [0, 0.05) is 0 Å². The van der Waals surface area contributed by atoms with E-state index in [1.807, 2.05) is 25.1 Å². The Kier molecular flexibility index (Phi) is 6.36. The van der Waals surface area contributed by atoms with Crippen molar-refractivity contribution in [2.45, 2.75) is 6.42 Å². The van der Waals surface area contributed by atoms with Crippen LogP contribution in [-0.4, -0.2) is 44.5 Å². The van der Waals surface area contributed by atoms with Gasteiger partial charge in [-0.15, -0.1) is 11.3 Å². The lowest BCUT2D eigenvalue weighted by Gasteiger charge is -2.15. The van der Waals surface area contributed by atoms with Crippen LogP contribution in [0, 0.1) is 11.3 Å². The van der Waals surface area contributed by atoms with Crippen molar-refractivity contribution in [3.05, 3.63) is 17.0 Å². The van der Waals surface area contributed by atoms with Gasteiger partial charge < -0.3 is 10.6 Å². The van der Waals surface area contributed by atoms with Crippen molar-refractivity contribution in [3.63, 3.8) is 0 Å². The van der Waals surface area contributed by atoms with E-state index in [1.165, 1.54) is 11.3 Å². The molecule has 1 amide bonds. The Labute approximate surface area is 111 Å². The van der Waals surface area contributed by atoms with Crippen LogP contribution in [-0.2, 0) is 4.79 Å². The number of hydrogen-bond donors (Lipinski definition) is 2. The third kappa shape index (κ3) is 4.84. The fraction of sp³-hybridized carbons (Fsp3) is 0.500. The molecule has 98 valence electrons. The molecular formula is C12H18N4OS. The van der Waals surface area contributed by atoms with Crippen molar-refractivity contribution in [2.75, 3.05) is 39.0 Å². The Morgan fingerprint density at radius 3 is 3.06 bits per heavy atom. The first-order valence-electron chi connectivity index (χ1n) is 5.78. The van der Waals surface area contributed by atoms with Gasteiger partial charge in [0.2, 0.25) is 5.91 Å². The Morgan fingerprint density at radius 1 is 1.61 bits per heavy atom. The van der Waals surface area contributed by atoms with Crippen molar-refractivity contribution in [1.82, 2.24) is 10.2 Å². The molecule has 1 aromatic rings. The normalized spacial score (nSPS) is 10.3. The molecule has 2 N–H and O–H groups in total. The van der Waals surface area contributed by atoms with Gasteiger partial charge in [-0.1, -0.05) is 0 Å². The second kappa shape index (κ2) is 7.82. The Morgan fingerprint density at radius 2 is 2.39 bits per heavy atom. The zero-order valence-corrected chi connectivity index (χ0v) is 11.5. The van der Waals surface area contributed by atoms with Gasteiger partial charge in [-0.2, -0.15) is 5.26 Å². The smallest absolute Gasteiger partial charge is 0.239 e. The fourth-order valence-corrected chi connectivity index (χ4v) is 2.26. The van der Waals surface area contributed by atoms with Gasteiger partial charge in [0.1, 0.15) is 11.1 Å². The Hall–Kier alpha value is -1.42. The Balaban J connectivity index is 2.35. The van der Waals surface area contributed by atoms with Gasteiger partial charge in [0.05, 0.1) is 12.1 Å². The standard InChI is InChI=1S/C12H18N4OS/c1-14-5-3-6-16(2)9-11(17)15-12-10(8-13)4-7-18-12/h4,7,14H,3,5-6,9H2,1-2H3,(H,15,17). The molecule has 18 heavy (non-hydrogen) atoms. The number of nitriles is 1. The van der Waals surface area contributed by atoms with Crippen molar-refractivity contribution >= 4 is 22.2 Å². The van der Waals surface area contributed by atoms with Gasteiger partial charge in [0.15, 0.2) is 0 Å². The quantitative estimate of drug-likeness (QED) is 0.725. The van der Waals surface area contributed by atoms with Crippen LogP contribution in [0.2, 0.25) is 0 Å². The summed E-state index contributed by atoms with van der Waals surface area (Å²) in [4.78, 5) is 13.7. The SMILES string of the molecule is CNCCCN(C)CC(=O)Nc1sccc1C#N. The summed E-state index contributed by atoms with van der Waals surface area (Å²) in [6, 6.07) is 3.76. The minimum atomic E-state index is -0.0825. The van der Waals surface area contributed by atoms with Crippen LogP contribution < -0.4 is 10.6 Å². The Bertz CT molecular complexity index is 424. The molecule has 6 heteroatoms. The number of amides is 1. The number of carbonyl (C=O) groups excluding carboxylic acids is 1. The van der Waals surface area contributed by atoms with Crippen LogP contribution in [0.1, 0.15) is 12.0 Å². The molecule has 1 aromatic heterocycles. The van der Waals surface area contributed by atoms with Gasteiger partial charge in [-0.05, 0) is 45.1 Å². The number of anilines is 1. The minimum absolute atomic E-state index is 0.0825. The third-order valence-electron chi connectivity index (χ3n) is 2.42. The summed E-state index contributed by atoms with van der Waals surface area (Å²) in [7, 11) is 3.82. The number of hydrogen-bond acceptors (Lipinski definition) is 5. The maximum atomic E-state index is 11.8. The maximum absolute atomic E-state index is 11.8. The molecule has 0 bridgehead atoms. The summed E-state index contributed by atoms with van der Waals surface area (Å²) >= 11 is 1.37. The molecule has 0 aliphatic carbocycles. The molecule has 0 aliphatic rings. The van der Waals surface area contributed by atoms with E-state index in [9.17, 15) is 4.79 Å². The summed E-state index contributed by atoms with van der Waals surface area (Å²) in [6.45, 7) is 2.14. The highest BCUT2D eigenvalue weighted by molar-refractivity contribution is 7.14. The summed E-state index contributed by atoms with van der Waals surface area (Å²) in [5.41, 5.74) is 0.520. The molecule has 0 fully saturated rings. The van der Waals surface area contributed by atoms with Crippen LogP contribution in [0.25, 0.3) is 0 Å². The molecule has 5 nitrogen and oxygen atoms in total. The molecule has 0 aliphatic heterocycles. The molecule has 0 unspecified atom stereocenters. The largest absolute Gasteiger partial charge is 0.320 e. The number of carbonyl (C=O) groups is 1. The van der Waals surface area contributed by atoms with Crippen molar-refractivity contribution in [2.24, 2.45) is 0 Å². The predicted octanol–water partition coefficient (Wildman–Crippen LogP) is 1.10. The van der Waals surface area contributed by atoms with Crippen molar-refractivity contribution in [1.29, 1.82) is 5.26 Å². The number of thiophene rings is 1. The van der Waals surface area contributed by atoms with Gasteiger partial charge >= 0.3 is 0 Å².